The molecular weight excluding hydrogens is 408 g/mol. The van der Waals surface area contributed by atoms with Crippen LogP contribution in [-0.4, -0.2) is 29.9 Å². The Hall–Kier alpha value is -3.25. The highest BCUT2D eigenvalue weighted by Gasteiger charge is 2.21. The van der Waals surface area contributed by atoms with E-state index in [0.717, 1.165) is 17.1 Å². The SMILES string of the molecule is CSCCC(NC(=O)c1cccc(C)c1)C(=O)Nc1ccc(Oc2ccccc2)cc1. The summed E-state index contributed by atoms with van der Waals surface area (Å²) in [5.41, 5.74) is 2.18. The normalized spacial score (nSPS) is 11.4. The molecule has 5 nitrogen and oxygen atoms in total. The second-order valence-electron chi connectivity index (χ2n) is 7.11. The first-order valence-corrected chi connectivity index (χ1v) is 11.4. The van der Waals surface area contributed by atoms with Crippen molar-refractivity contribution < 1.29 is 14.3 Å². The minimum atomic E-state index is -0.624. The summed E-state index contributed by atoms with van der Waals surface area (Å²) >= 11 is 1.63. The topological polar surface area (TPSA) is 67.4 Å². The average Bonchev–Trinajstić information content (AvgIpc) is 2.78. The quantitative estimate of drug-likeness (QED) is 0.481. The lowest BCUT2D eigenvalue weighted by Gasteiger charge is -2.18. The fraction of sp³-hybridized carbons (Fsp3) is 0.200. The molecule has 2 N–H and O–H groups in total. The van der Waals surface area contributed by atoms with Crippen LogP contribution in [0.3, 0.4) is 0 Å². The molecule has 3 aromatic rings. The molecule has 0 heterocycles. The van der Waals surface area contributed by atoms with Crippen LogP contribution in [0.15, 0.2) is 78.9 Å². The van der Waals surface area contributed by atoms with Gasteiger partial charge in [-0.05, 0) is 73.9 Å². The Morgan fingerprint density at radius 1 is 0.935 bits per heavy atom. The highest BCUT2D eigenvalue weighted by atomic mass is 32.2. The molecule has 0 aliphatic rings. The number of amides is 2. The summed E-state index contributed by atoms with van der Waals surface area (Å²) in [6.07, 6.45) is 2.52. The molecule has 2 amide bonds. The fourth-order valence-electron chi connectivity index (χ4n) is 2.99. The summed E-state index contributed by atoms with van der Waals surface area (Å²) in [4.78, 5) is 25.5. The molecule has 0 fully saturated rings. The number of ether oxygens (including phenoxy) is 1. The van der Waals surface area contributed by atoms with Gasteiger partial charge in [0.05, 0.1) is 0 Å². The van der Waals surface area contributed by atoms with Crippen molar-refractivity contribution >= 4 is 29.3 Å². The maximum Gasteiger partial charge on any atom is 0.251 e. The number of hydrogen-bond donors (Lipinski definition) is 2. The van der Waals surface area contributed by atoms with Gasteiger partial charge in [-0.2, -0.15) is 11.8 Å². The third kappa shape index (κ3) is 6.89. The van der Waals surface area contributed by atoms with Crippen molar-refractivity contribution in [2.45, 2.75) is 19.4 Å². The van der Waals surface area contributed by atoms with Gasteiger partial charge in [0.2, 0.25) is 5.91 Å². The maximum absolute atomic E-state index is 12.9. The molecular formula is C25H26N2O3S. The molecule has 1 unspecified atom stereocenters. The molecule has 31 heavy (non-hydrogen) atoms. The molecule has 6 heteroatoms. The number of nitrogens with one attached hydrogen (secondary N) is 2. The molecule has 3 rings (SSSR count). The number of aryl methyl sites for hydroxylation is 1. The number of rotatable bonds is 9. The number of carbonyl (C=O) groups is 2. The highest BCUT2D eigenvalue weighted by Crippen LogP contribution is 2.22. The van der Waals surface area contributed by atoms with Crippen LogP contribution in [0.5, 0.6) is 11.5 Å². The van der Waals surface area contributed by atoms with E-state index in [0.29, 0.717) is 23.4 Å². The fourth-order valence-corrected chi connectivity index (χ4v) is 3.46. The van der Waals surface area contributed by atoms with Gasteiger partial charge in [0.15, 0.2) is 0 Å². The van der Waals surface area contributed by atoms with Crippen LogP contribution in [0, 0.1) is 6.92 Å². The molecule has 0 aliphatic heterocycles. The van der Waals surface area contributed by atoms with Crippen LogP contribution in [0.1, 0.15) is 22.3 Å². The van der Waals surface area contributed by atoms with E-state index in [2.05, 4.69) is 10.6 Å². The third-order valence-electron chi connectivity index (χ3n) is 4.61. The monoisotopic (exact) mass is 434 g/mol. The Morgan fingerprint density at radius 3 is 2.32 bits per heavy atom. The van der Waals surface area contributed by atoms with E-state index >= 15 is 0 Å². The zero-order chi connectivity index (χ0) is 22.1. The van der Waals surface area contributed by atoms with Crippen LogP contribution in [0.25, 0.3) is 0 Å². The average molecular weight is 435 g/mol. The zero-order valence-corrected chi connectivity index (χ0v) is 18.4. The summed E-state index contributed by atoms with van der Waals surface area (Å²) < 4.78 is 5.78. The Labute approximate surface area is 187 Å². The zero-order valence-electron chi connectivity index (χ0n) is 17.6. The smallest absolute Gasteiger partial charge is 0.251 e. The maximum atomic E-state index is 12.9. The first-order chi connectivity index (χ1) is 15.0. The number of anilines is 1. The summed E-state index contributed by atoms with van der Waals surface area (Å²) in [5, 5.41) is 5.76. The van der Waals surface area contributed by atoms with Gasteiger partial charge in [-0.1, -0.05) is 35.9 Å². The molecule has 0 bridgehead atoms. The van der Waals surface area contributed by atoms with Crippen molar-refractivity contribution in [1.82, 2.24) is 5.32 Å². The lowest BCUT2D eigenvalue weighted by Crippen LogP contribution is -2.44. The van der Waals surface area contributed by atoms with E-state index in [1.165, 1.54) is 0 Å². The molecule has 0 saturated carbocycles. The number of benzene rings is 3. The van der Waals surface area contributed by atoms with Crippen molar-refractivity contribution in [3.8, 4) is 11.5 Å². The molecule has 0 aromatic heterocycles. The van der Waals surface area contributed by atoms with Crippen LogP contribution < -0.4 is 15.4 Å². The van der Waals surface area contributed by atoms with Gasteiger partial charge in [0, 0.05) is 11.3 Å². The van der Waals surface area contributed by atoms with Crippen LogP contribution >= 0.6 is 11.8 Å². The third-order valence-corrected chi connectivity index (χ3v) is 5.26. The van der Waals surface area contributed by atoms with E-state index in [4.69, 9.17) is 4.74 Å². The van der Waals surface area contributed by atoms with E-state index < -0.39 is 6.04 Å². The van der Waals surface area contributed by atoms with Crippen molar-refractivity contribution in [3.63, 3.8) is 0 Å². The minimum absolute atomic E-state index is 0.244. The molecule has 0 aliphatic carbocycles. The first kappa shape index (κ1) is 22.4. The Bertz CT molecular complexity index is 1010. The summed E-state index contributed by atoms with van der Waals surface area (Å²) in [6.45, 7) is 1.93. The molecule has 0 spiro atoms. The van der Waals surface area contributed by atoms with Gasteiger partial charge >= 0.3 is 0 Å². The Morgan fingerprint density at radius 2 is 1.65 bits per heavy atom. The van der Waals surface area contributed by atoms with Gasteiger partial charge in [-0.3, -0.25) is 9.59 Å². The second kappa shape index (κ2) is 11.2. The second-order valence-corrected chi connectivity index (χ2v) is 8.09. The van der Waals surface area contributed by atoms with Gasteiger partial charge in [0.25, 0.3) is 5.91 Å². The predicted octanol–water partition coefficient (Wildman–Crippen LogP) is 5.28. The van der Waals surface area contributed by atoms with E-state index in [1.807, 2.05) is 61.7 Å². The van der Waals surface area contributed by atoms with Crippen molar-refractivity contribution in [2.75, 3.05) is 17.3 Å². The molecule has 0 saturated heterocycles. The summed E-state index contributed by atoms with van der Waals surface area (Å²) in [5.74, 6) is 1.69. The van der Waals surface area contributed by atoms with Gasteiger partial charge in [0.1, 0.15) is 17.5 Å². The van der Waals surface area contributed by atoms with Gasteiger partial charge < -0.3 is 15.4 Å². The van der Waals surface area contributed by atoms with Gasteiger partial charge in [-0.15, -0.1) is 0 Å². The van der Waals surface area contributed by atoms with Crippen molar-refractivity contribution in [2.24, 2.45) is 0 Å². The lowest BCUT2D eigenvalue weighted by molar-refractivity contribution is -0.118. The van der Waals surface area contributed by atoms with E-state index in [9.17, 15) is 9.59 Å². The molecule has 0 radical (unpaired) electrons. The van der Waals surface area contributed by atoms with Gasteiger partial charge in [-0.25, -0.2) is 0 Å². The van der Waals surface area contributed by atoms with Crippen molar-refractivity contribution in [3.05, 3.63) is 90.0 Å². The lowest BCUT2D eigenvalue weighted by atomic mass is 10.1. The van der Waals surface area contributed by atoms with E-state index in [-0.39, 0.29) is 11.8 Å². The number of para-hydroxylation sites is 1. The first-order valence-electron chi connectivity index (χ1n) is 10.1. The van der Waals surface area contributed by atoms with Crippen LogP contribution in [-0.2, 0) is 4.79 Å². The number of thioether (sulfide) groups is 1. The summed E-state index contributed by atoms with van der Waals surface area (Å²) in [6, 6.07) is 23.3. The Kier molecular flexibility index (Phi) is 8.12. The largest absolute Gasteiger partial charge is 0.457 e. The minimum Gasteiger partial charge on any atom is -0.457 e. The molecule has 3 aromatic carbocycles. The Balaban J connectivity index is 1.63. The number of hydrogen-bond acceptors (Lipinski definition) is 4. The molecule has 1 atom stereocenters. The van der Waals surface area contributed by atoms with Crippen LogP contribution in [0.4, 0.5) is 5.69 Å². The van der Waals surface area contributed by atoms with Crippen LogP contribution in [0.2, 0.25) is 0 Å². The number of carbonyl (C=O) groups excluding carboxylic acids is 2. The standard InChI is InChI=1S/C25H26N2O3S/c1-18-7-6-8-19(17-18)24(28)27-23(15-16-31-2)25(29)26-20-11-13-22(14-12-20)30-21-9-4-3-5-10-21/h3-14,17,23H,15-16H2,1-2H3,(H,26,29)(H,27,28). The summed E-state index contributed by atoms with van der Waals surface area (Å²) in [7, 11) is 0. The highest BCUT2D eigenvalue weighted by molar-refractivity contribution is 7.98. The van der Waals surface area contributed by atoms with Crippen molar-refractivity contribution in [1.29, 1.82) is 0 Å². The van der Waals surface area contributed by atoms with E-state index in [1.54, 1.807) is 42.1 Å². The predicted molar refractivity (Wildman–Crippen MR) is 127 cm³/mol. The molecule has 160 valence electrons.